The molecule has 15 heavy (non-hydrogen) atoms. The lowest BCUT2D eigenvalue weighted by Crippen LogP contribution is -1.94. The number of rotatable bonds is 2. The average molecular weight is 211 g/mol. The van der Waals surface area contributed by atoms with Crippen molar-refractivity contribution in [1.82, 2.24) is 0 Å². The maximum absolute atomic E-state index is 9.96. The molecule has 4 nitrogen and oxygen atoms in total. The highest BCUT2D eigenvalue weighted by Gasteiger charge is 1.87. The summed E-state index contributed by atoms with van der Waals surface area (Å²) < 4.78 is 4.26. The minimum Gasteiger partial charge on any atom is -0.508 e. The van der Waals surface area contributed by atoms with Gasteiger partial charge in [-0.25, -0.2) is 0 Å². The van der Waals surface area contributed by atoms with E-state index in [0.717, 1.165) is 5.69 Å². The number of carbonyl (C=O) groups excluding carboxylic acids is 1. The van der Waals surface area contributed by atoms with Gasteiger partial charge in [0.2, 0.25) is 0 Å². The number of nitrogens with one attached hydrogen (secondary N) is 1. The standard InChI is InChI=1S/C7H9NO.C4H8O2/c1-8-6-3-2-4-7(9)5-6;1-3-4(5)6-2/h2-5,8-9H,1H3;3H2,1-2H3. The van der Waals surface area contributed by atoms with Crippen LogP contribution in [0, 0.1) is 0 Å². The third kappa shape index (κ3) is 6.37. The summed E-state index contributed by atoms with van der Waals surface area (Å²) >= 11 is 0. The Labute approximate surface area is 89.9 Å². The van der Waals surface area contributed by atoms with E-state index in [0.29, 0.717) is 12.2 Å². The molecule has 0 aliphatic rings. The van der Waals surface area contributed by atoms with Crippen LogP contribution in [0.15, 0.2) is 24.3 Å². The normalized spacial score (nSPS) is 8.47. The smallest absolute Gasteiger partial charge is 0.305 e. The number of aromatic hydroxyl groups is 1. The predicted octanol–water partition coefficient (Wildman–Crippen LogP) is 2.00. The van der Waals surface area contributed by atoms with Crippen LogP contribution in [0.5, 0.6) is 5.75 Å². The first-order valence-electron chi connectivity index (χ1n) is 4.67. The number of phenolic OH excluding ortho intramolecular Hbond substituents is 1. The van der Waals surface area contributed by atoms with E-state index in [1.165, 1.54) is 7.11 Å². The molecule has 1 aromatic carbocycles. The van der Waals surface area contributed by atoms with Crippen LogP contribution in [-0.4, -0.2) is 25.2 Å². The Bertz CT molecular complexity index is 294. The summed E-state index contributed by atoms with van der Waals surface area (Å²) in [7, 11) is 3.20. The number of methoxy groups -OCH3 is 1. The van der Waals surface area contributed by atoms with Crippen LogP contribution >= 0.6 is 0 Å². The zero-order chi connectivity index (χ0) is 11.7. The zero-order valence-electron chi connectivity index (χ0n) is 9.28. The van der Waals surface area contributed by atoms with Crippen LogP contribution in [0.4, 0.5) is 5.69 Å². The van der Waals surface area contributed by atoms with Crippen molar-refractivity contribution in [3.8, 4) is 5.75 Å². The summed E-state index contributed by atoms with van der Waals surface area (Å²) in [5.74, 6) is 0.136. The molecule has 1 aromatic rings. The number of hydrogen-bond donors (Lipinski definition) is 2. The maximum atomic E-state index is 9.96. The summed E-state index contributed by atoms with van der Waals surface area (Å²) in [4.78, 5) is 9.96. The lowest BCUT2D eigenvalue weighted by Gasteiger charge is -1.97. The van der Waals surface area contributed by atoms with Crippen molar-refractivity contribution in [2.24, 2.45) is 0 Å². The quantitative estimate of drug-likeness (QED) is 0.734. The van der Waals surface area contributed by atoms with Crippen molar-refractivity contribution in [1.29, 1.82) is 0 Å². The van der Waals surface area contributed by atoms with E-state index in [1.54, 1.807) is 25.1 Å². The highest BCUT2D eigenvalue weighted by atomic mass is 16.5. The van der Waals surface area contributed by atoms with Gasteiger partial charge in [-0.15, -0.1) is 0 Å². The van der Waals surface area contributed by atoms with E-state index in [2.05, 4.69) is 10.1 Å². The van der Waals surface area contributed by atoms with Crippen LogP contribution < -0.4 is 5.32 Å². The predicted molar refractivity (Wildman–Crippen MR) is 60.0 cm³/mol. The average Bonchev–Trinajstić information content (AvgIpc) is 2.28. The van der Waals surface area contributed by atoms with Gasteiger partial charge in [-0.05, 0) is 12.1 Å². The molecule has 0 aliphatic heterocycles. The Morgan fingerprint density at radius 1 is 1.53 bits per heavy atom. The van der Waals surface area contributed by atoms with E-state index < -0.39 is 0 Å². The van der Waals surface area contributed by atoms with Gasteiger partial charge in [-0.3, -0.25) is 4.79 Å². The zero-order valence-corrected chi connectivity index (χ0v) is 9.28. The fraction of sp³-hybridized carbons (Fsp3) is 0.364. The minimum absolute atomic E-state index is 0.157. The van der Waals surface area contributed by atoms with Crippen LogP contribution in [-0.2, 0) is 9.53 Å². The Morgan fingerprint density at radius 2 is 2.20 bits per heavy atom. The molecule has 0 atom stereocenters. The lowest BCUT2D eigenvalue weighted by atomic mass is 10.3. The van der Waals surface area contributed by atoms with Crippen LogP contribution in [0.3, 0.4) is 0 Å². The molecule has 4 heteroatoms. The van der Waals surface area contributed by atoms with Crippen molar-refractivity contribution < 1.29 is 14.6 Å². The van der Waals surface area contributed by atoms with E-state index >= 15 is 0 Å². The molecule has 84 valence electrons. The Balaban J connectivity index is 0.000000288. The van der Waals surface area contributed by atoms with Crippen molar-refractivity contribution in [3.63, 3.8) is 0 Å². The number of carbonyl (C=O) groups is 1. The molecule has 0 amide bonds. The summed E-state index contributed by atoms with van der Waals surface area (Å²) in [5.41, 5.74) is 0.926. The molecule has 0 saturated carbocycles. The van der Waals surface area contributed by atoms with Gasteiger partial charge in [0.05, 0.1) is 7.11 Å². The van der Waals surface area contributed by atoms with Gasteiger partial charge in [-0.1, -0.05) is 13.0 Å². The van der Waals surface area contributed by atoms with Crippen LogP contribution in [0.2, 0.25) is 0 Å². The molecule has 0 heterocycles. The third-order valence-corrected chi connectivity index (χ3v) is 1.65. The van der Waals surface area contributed by atoms with Crippen molar-refractivity contribution in [2.75, 3.05) is 19.5 Å². The molecule has 0 radical (unpaired) electrons. The summed E-state index contributed by atoms with van der Waals surface area (Å²) in [6, 6.07) is 6.99. The van der Waals surface area contributed by atoms with Crippen LogP contribution in [0.1, 0.15) is 13.3 Å². The summed E-state index contributed by atoms with van der Waals surface area (Å²) in [6.07, 6.45) is 0.469. The molecule has 1 rings (SSSR count). The first-order valence-corrected chi connectivity index (χ1v) is 4.67. The van der Waals surface area contributed by atoms with E-state index in [1.807, 2.05) is 13.1 Å². The molecular weight excluding hydrogens is 194 g/mol. The Kier molecular flexibility index (Phi) is 6.80. The number of ether oxygens (including phenoxy) is 1. The molecule has 0 fully saturated rings. The molecule has 0 bridgehead atoms. The SMILES string of the molecule is CCC(=O)OC.CNc1cccc(O)c1. The molecule has 0 spiro atoms. The van der Waals surface area contributed by atoms with E-state index in [-0.39, 0.29) is 5.97 Å². The summed E-state index contributed by atoms with van der Waals surface area (Å²) in [5, 5.41) is 11.8. The highest BCUT2D eigenvalue weighted by molar-refractivity contribution is 5.68. The number of hydrogen-bond acceptors (Lipinski definition) is 4. The van der Waals surface area contributed by atoms with Gasteiger partial charge in [-0.2, -0.15) is 0 Å². The van der Waals surface area contributed by atoms with Gasteiger partial charge in [0, 0.05) is 25.2 Å². The second kappa shape index (κ2) is 7.67. The van der Waals surface area contributed by atoms with Gasteiger partial charge >= 0.3 is 5.97 Å². The monoisotopic (exact) mass is 211 g/mol. The first kappa shape index (κ1) is 13.3. The third-order valence-electron chi connectivity index (χ3n) is 1.65. The molecule has 2 N–H and O–H groups in total. The van der Waals surface area contributed by atoms with E-state index in [4.69, 9.17) is 5.11 Å². The number of anilines is 1. The van der Waals surface area contributed by atoms with Crippen molar-refractivity contribution in [2.45, 2.75) is 13.3 Å². The van der Waals surface area contributed by atoms with Gasteiger partial charge < -0.3 is 15.2 Å². The fourth-order valence-corrected chi connectivity index (χ4v) is 0.806. The minimum atomic E-state index is -0.157. The summed E-state index contributed by atoms with van der Waals surface area (Å²) in [6.45, 7) is 1.76. The van der Waals surface area contributed by atoms with Crippen LogP contribution in [0.25, 0.3) is 0 Å². The van der Waals surface area contributed by atoms with Gasteiger partial charge in [0.1, 0.15) is 5.75 Å². The van der Waals surface area contributed by atoms with Crippen molar-refractivity contribution in [3.05, 3.63) is 24.3 Å². The van der Waals surface area contributed by atoms with Crippen molar-refractivity contribution >= 4 is 11.7 Å². The molecule has 0 saturated heterocycles. The first-order chi connectivity index (χ1) is 7.13. The number of phenols is 1. The highest BCUT2D eigenvalue weighted by Crippen LogP contribution is 2.13. The largest absolute Gasteiger partial charge is 0.508 e. The van der Waals surface area contributed by atoms with Gasteiger partial charge in [0.15, 0.2) is 0 Å². The number of esters is 1. The molecule has 0 aromatic heterocycles. The topological polar surface area (TPSA) is 58.6 Å². The second-order valence-electron chi connectivity index (χ2n) is 2.73. The number of benzene rings is 1. The lowest BCUT2D eigenvalue weighted by molar-refractivity contribution is -0.140. The fourth-order valence-electron chi connectivity index (χ4n) is 0.806. The Hall–Kier alpha value is -1.71. The van der Waals surface area contributed by atoms with Gasteiger partial charge in [0.25, 0.3) is 0 Å². The van der Waals surface area contributed by atoms with E-state index in [9.17, 15) is 4.79 Å². The Morgan fingerprint density at radius 3 is 2.47 bits per heavy atom. The maximum Gasteiger partial charge on any atom is 0.305 e. The molecule has 0 aliphatic carbocycles. The molecule has 0 unspecified atom stereocenters. The molecular formula is C11H17NO3. The second-order valence-corrected chi connectivity index (χ2v) is 2.73.